The predicted molar refractivity (Wildman–Crippen MR) is 96.4 cm³/mol. The standard InChI is InChI=1S/C18H24FN3OS/c1-18(2,3)24-12-16(23)22(5)17(14-10-20-21(4)11-14)13-7-6-8-15(19)9-13/h6-11,17H,12H2,1-5H3. The molecule has 1 heterocycles. The van der Waals surface area contributed by atoms with Crippen molar-refractivity contribution in [1.29, 1.82) is 0 Å². The highest BCUT2D eigenvalue weighted by atomic mass is 32.2. The lowest BCUT2D eigenvalue weighted by Crippen LogP contribution is -2.34. The second kappa shape index (κ2) is 7.38. The molecule has 0 N–H and O–H groups in total. The predicted octanol–water partition coefficient (Wildman–Crippen LogP) is 3.64. The van der Waals surface area contributed by atoms with Crippen LogP contribution in [-0.4, -0.2) is 38.1 Å². The van der Waals surface area contributed by atoms with Gasteiger partial charge in [-0.15, -0.1) is 11.8 Å². The van der Waals surface area contributed by atoms with Gasteiger partial charge in [-0.25, -0.2) is 4.39 Å². The third-order valence-corrected chi connectivity index (χ3v) is 4.87. The van der Waals surface area contributed by atoms with Gasteiger partial charge in [0.15, 0.2) is 0 Å². The summed E-state index contributed by atoms with van der Waals surface area (Å²) in [5, 5.41) is 4.19. The molecule has 0 saturated carbocycles. The topological polar surface area (TPSA) is 38.1 Å². The van der Waals surface area contributed by atoms with Crippen LogP contribution in [0.2, 0.25) is 0 Å². The second-order valence-electron chi connectivity index (χ2n) is 6.81. The maximum absolute atomic E-state index is 13.7. The van der Waals surface area contributed by atoms with Crippen molar-refractivity contribution in [2.45, 2.75) is 31.6 Å². The van der Waals surface area contributed by atoms with E-state index in [-0.39, 0.29) is 22.5 Å². The Hall–Kier alpha value is -1.82. The first kappa shape index (κ1) is 18.5. The zero-order chi connectivity index (χ0) is 17.9. The van der Waals surface area contributed by atoms with E-state index < -0.39 is 0 Å². The highest BCUT2D eigenvalue weighted by Gasteiger charge is 2.26. The van der Waals surface area contributed by atoms with E-state index in [0.29, 0.717) is 5.75 Å². The summed E-state index contributed by atoms with van der Waals surface area (Å²) in [6.07, 6.45) is 3.58. The summed E-state index contributed by atoms with van der Waals surface area (Å²) in [6.45, 7) is 6.24. The molecular weight excluding hydrogens is 325 g/mol. The molecule has 1 unspecified atom stereocenters. The smallest absolute Gasteiger partial charge is 0.233 e. The number of hydrogen-bond donors (Lipinski definition) is 0. The number of carbonyl (C=O) groups excluding carboxylic acids is 1. The highest BCUT2D eigenvalue weighted by molar-refractivity contribution is 8.01. The summed E-state index contributed by atoms with van der Waals surface area (Å²) >= 11 is 1.60. The molecule has 24 heavy (non-hydrogen) atoms. The maximum Gasteiger partial charge on any atom is 0.233 e. The number of aryl methyl sites for hydroxylation is 1. The van der Waals surface area contributed by atoms with Crippen LogP contribution in [0.5, 0.6) is 0 Å². The van der Waals surface area contributed by atoms with Crippen molar-refractivity contribution in [3.8, 4) is 0 Å². The van der Waals surface area contributed by atoms with Gasteiger partial charge in [-0.3, -0.25) is 9.48 Å². The molecule has 0 aliphatic rings. The Labute approximate surface area is 147 Å². The van der Waals surface area contributed by atoms with Gasteiger partial charge < -0.3 is 4.90 Å². The zero-order valence-electron chi connectivity index (χ0n) is 14.8. The summed E-state index contributed by atoms with van der Waals surface area (Å²) in [6, 6.07) is 6.01. The van der Waals surface area contributed by atoms with Crippen LogP contribution in [0.15, 0.2) is 36.7 Å². The summed E-state index contributed by atoms with van der Waals surface area (Å²) in [5.41, 5.74) is 1.60. The zero-order valence-corrected chi connectivity index (χ0v) is 15.6. The van der Waals surface area contributed by atoms with E-state index >= 15 is 0 Å². The Balaban J connectivity index is 2.30. The molecule has 0 fully saturated rings. The summed E-state index contributed by atoms with van der Waals surface area (Å²) in [5.74, 6) is 0.0749. The number of halogens is 1. The molecular formula is C18H24FN3OS. The minimum Gasteiger partial charge on any atom is -0.334 e. The van der Waals surface area contributed by atoms with Crippen molar-refractivity contribution >= 4 is 17.7 Å². The fourth-order valence-corrected chi connectivity index (χ4v) is 3.18. The van der Waals surface area contributed by atoms with Crippen LogP contribution in [0, 0.1) is 5.82 Å². The van der Waals surface area contributed by atoms with E-state index in [4.69, 9.17) is 0 Å². The minimum absolute atomic E-state index is 0.00744. The van der Waals surface area contributed by atoms with Crippen LogP contribution in [0.25, 0.3) is 0 Å². The Bertz CT molecular complexity index is 708. The van der Waals surface area contributed by atoms with Gasteiger partial charge in [0.25, 0.3) is 0 Å². The molecule has 6 heteroatoms. The number of hydrogen-bond acceptors (Lipinski definition) is 3. The summed E-state index contributed by atoms with van der Waals surface area (Å²) < 4.78 is 15.4. The third-order valence-electron chi connectivity index (χ3n) is 3.61. The number of rotatable bonds is 5. The van der Waals surface area contributed by atoms with E-state index in [0.717, 1.165) is 11.1 Å². The van der Waals surface area contributed by atoms with E-state index in [1.54, 1.807) is 40.7 Å². The Morgan fingerprint density at radius 3 is 2.62 bits per heavy atom. The van der Waals surface area contributed by atoms with Crippen molar-refractivity contribution in [3.05, 3.63) is 53.6 Å². The number of aromatic nitrogens is 2. The van der Waals surface area contributed by atoms with E-state index in [9.17, 15) is 9.18 Å². The molecule has 0 bridgehead atoms. The van der Waals surface area contributed by atoms with E-state index in [1.165, 1.54) is 12.1 Å². The molecule has 1 aromatic heterocycles. The lowest BCUT2D eigenvalue weighted by molar-refractivity contribution is -0.128. The van der Waals surface area contributed by atoms with Crippen molar-refractivity contribution in [2.75, 3.05) is 12.8 Å². The Kier molecular flexibility index (Phi) is 5.70. The van der Waals surface area contributed by atoms with Gasteiger partial charge in [-0.1, -0.05) is 32.9 Å². The molecule has 2 rings (SSSR count). The van der Waals surface area contributed by atoms with Crippen molar-refractivity contribution in [1.82, 2.24) is 14.7 Å². The Morgan fingerprint density at radius 1 is 1.38 bits per heavy atom. The molecule has 0 aliphatic carbocycles. The molecule has 130 valence electrons. The molecule has 1 aromatic carbocycles. The van der Waals surface area contributed by atoms with Gasteiger partial charge in [-0.2, -0.15) is 5.10 Å². The molecule has 1 atom stereocenters. The average molecular weight is 349 g/mol. The number of nitrogens with zero attached hydrogens (tertiary/aromatic N) is 3. The first-order valence-corrected chi connectivity index (χ1v) is 8.79. The second-order valence-corrected chi connectivity index (χ2v) is 8.61. The quantitative estimate of drug-likeness (QED) is 0.827. The van der Waals surface area contributed by atoms with Crippen LogP contribution in [0.1, 0.15) is 37.9 Å². The molecule has 1 amide bonds. The first-order valence-electron chi connectivity index (χ1n) is 7.81. The van der Waals surface area contributed by atoms with Gasteiger partial charge in [0.05, 0.1) is 18.0 Å². The van der Waals surface area contributed by atoms with Crippen LogP contribution in [0.3, 0.4) is 0 Å². The minimum atomic E-state index is -0.359. The van der Waals surface area contributed by atoms with Crippen molar-refractivity contribution < 1.29 is 9.18 Å². The third kappa shape index (κ3) is 4.84. The van der Waals surface area contributed by atoms with Gasteiger partial charge in [0.1, 0.15) is 5.82 Å². The lowest BCUT2D eigenvalue weighted by atomic mass is 10.00. The molecule has 0 aliphatic heterocycles. The average Bonchev–Trinajstić information content (AvgIpc) is 2.90. The Morgan fingerprint density at radius 2 is 2.08 bits per heavy atom. The van der Waals surface area contributed by atoms with Gasteiger partial charge in [0.2, 0.25) is 5.91 Å². The summed E-state index contributed by atoms with van der Waals surface area (Å²) in [4.78, 5) is 14.3. The maximum atomic E-state index is 13.7. The fraction of sp³-hybridized carbons (Fsp3) is 0.444. The number of benzene rings is 1. The first-order chi connectivity index (χ1) is 11.2. The monoisotopic (exact) mass is 349 g/mol. The highest BCUT2D eigenvalue weighted by Crippen LogP contribution is 2.30. The fourth-order valence-electron chi connectivity index (χ4n) is 2.42. The van der Waals surface area contributed by atoms with Gasteiger partial charge in [-0.05, 0) is 17.7 Å². The summed E-state index contributed by atoms with van der Waals surface area (Å²) in [7, 11) is 3.58. The largest absolute Gasteiger partial charge is 0.334 e. The van der Waals surface area contributed by atoms with Gasteiger partial charge >= 0.3 is 0 Å². The van der Waals surface area contributed by atoms with E-state index in [1.807, 2.05) is 19.3 Å². The van der Waals surface area contributed by atoms with Crippen LogP contribution in [0.4, 0.5) is 4.39 Å². The van der Waals surface area contributed by atoms with E-state index in [2.05, 4.69) is 25.9 Å². The number of carbonyl (C=O) groups is 1. The molecule has 2 aromatic rings. The molecule has 4 nitrogen and oxygen atoms in total. The molecule has 0 spiro atoms. The van der Waals surface area contributed by atoms with Crippen LogP contribution < -0.4 is 0 Å². The van der Waals surface area contributed by atoms with Crippen molar-refractivity contribution in [3.63, 3.8) is 0 Å². The lowest BCUT2D eigenvalue weighted by Gasteiger charge is -2.29. The van der Waals surface area contributed by atoms with Crippen LogP contribution in [-0.2, 0) is 11.8 Å². The number of amides is 1. The SMILES string of the molecule is CN(C(=O)CSC(C)(C)C)C(c1cccc(F)c1)c1cnn(C)c1. The number of thioether (sulfide) groups is 1. The molecule has 0 saturated heterocycles. The molecule has 0 radical (unpaired) electrons. The normalized spacial score (nSPS) is 12.9. The van der Waals surface area contributed by atoms with Crippen molar-refractivity contribution in [2.24, 2.45) is 7.05 Å². The van der Waals surface area contributed by atoms with Gasteiger partial charge in [0, 0.05) is 30.6 Å². The van der Waals surface area contributed by atoms with Crippen LogP contribution >= 0.6 is 11.8 Å².